The van der Waals surface area contributed by atoms with Gasteiger partial charge in [0.15, 0.2) is 0 Å². The number of rotatable bonds is 3. The van der Waals surface area contributed by atoms with Crippen LogP contribution in [0, 0.1) is 5.92 Å². The average molecular weight is 328 g/mol. The van der Waals surface area contributed by atoms with E-state index < -0.39 is 5.54 Å². The molecular weight excluding hydrogens is 310 g/mol. The lowest BCUT2D eigenvalue weighted by molar-refractivity contribution is -0.134. The molecule has 1 aromatic rings. The van der Waals surface area contributed by atoms with Gasteiger partial charge < -0.3 is 11.1 Å². The highest BCUT2D eigenvalue weighted by Crippen LogP contribution is 2.38. The van der Waals surface area contributed by atoms with Gasteiger partial charge in [0.05, 0.1) is 10.9 Å². The largest absolute Gasteiger partial charge is 0.330 e. The van der Waals surface area contributed by atoms with Crippen molar-refractivity contribution in [1.29, 1.82) is 0 Å². The van der Waals surface area contributed by atoms with Crippen LogP contribution >= 0.6 is 22.9 Å². The van der Waals surface area contributed by atoms with Crippen molar-refractivity contribution in [1.82, 2.24) is 10.2 Å². The zero-order valence-electron chi connectivity index (χ0n) is 11.6. The summed E-state index contributed by atoms with van der Waals surface area (Å²) in [7, 11) is 0. The second-order valence-electron chi connectivity index (χ2n) is 5.68. The third-order valence-electron chi connectivity index (χ3n) is 4.50. The zero-order valence-corrected chi connectivity index (χ0v) is 13.2. The maximum Gasteiger partial charge on any atom is 0.325 e. The molecule has 1 saturated carbocycles. The number of hydrogen-bond donors (Lipinski definition) is 2. The third kappa shape index (κ3) is 2.45. The van der Waals surface area contributed by atoms with Crippen LogP contribution in [0.1, 0.15) is 30.6 Å². The van der Waals surface area contributed by atoms with E-state index in [1.165, 1.54) is 16.2 Å². The molecule has 1 aliphatic carbocycles. The summed E-state index contributed by atoms with van der Waals surface area (Å²) in [6.07, 6.45) is 3.58. The minimum atomic E-state index is -0.787. The predicted octanol–water partition coefficient (Wildman–Crippen LogP) is 2.34. The lowest BCUT2D eigenvalue weighted by atomic mass is 9.72. The lowest BCUT2D eigenvalue weighted by Crippen LogP contribution is -2.56. The van der Waals surface area contributed by atoms with Crippen molar-refractivity contribution >= 4 is 34.9 Å². The van der Waals surface area contributed by atoms with Crippen molar-refractivity contribution in [2.45, 2.75) is 37.8 Å². The summed E-state index contributed by atoms with van der Waals surface area (Å²) >= 11 is 7.29. The Morgan fingerprint density at radius 1 is 1.43 bits per heavy atom. The Kier molecular flexibility index (Phi) is 3.94. The van der Waals surface area contributed by atoms with Crippen LogP contribution in [0.3, 0.4) is 0 Å². The van der Waals surface area contributed by atoms with Gasteiger partial charge in [-0.2, -0.15) is 0 Å². The molecule has 0 bridgehead atoms. The first-order chi connectivity index (χ1) is 10.1. The molecule has 3 amide bonds. The molecule has 2 heterocycles. The summed E-state index contributed by atoms with van der Waals surface area (Å²) in [5.74, 6) is -0.105. The number of imide groups is 1. The SMILES string of the molecule is NCC1CCCCC12NC(=O)N(Cc1ccc(Cl)s1)C2=O. The van der Waals surface area contributed by atoms with Crippen LogP contribution in [0.4, 0.5) is 4.79 Å². The average Bonchev–Trinajstić information content (AvgIpc) is 2.98. The molecule has 21 heavy (non-hydrogen) atoms. The Bertz CT molecular complexity index is 576. The van der Waals surface area contributed by atoms with E-state index in [9.17, 15) is 9.59 Å². The first-order valence-electron chi connectivity index (χ1n) is 7.15. The summed E-state index contributed by atoms with van der Waals surface area (Å²) in [5.41, 5.74) is 5.04. The van der Waals surface area contributed by atoms with Gasteiger partial charge in [-0.3, -0.25) is 9.69 Å². The fourth-order valence-electron chi connectivity index (χ4n) is 3.39. The number of amides is 3. The third-order valence-corrected chi connectivity index (χ3v) is 5.72. The molecule has 1 aliphatic heterocycles. The van der Waals surface area contributed by atoms with E-state index in [2.05, 4.69) is 5.32 Å². The van der Waals surface area contributed by atoms with E-state index in [-0.39, 0.29) is 24.4 Å². The minimum absolute atomic E-state index is 0.0274. The van der Waals surface area contributed by atoms with Gasteiger partial charge in [-0.25, -0.2) is 4.79 Å². The second kappa shape index (κ2) is 5.59. The Balaban J connectivity index is 1.84. The standard InChI is InChI=1S/C14H18ClN3O2S/c15-11-5-4-10(21-11)8-18-12(19)14(17-13(18)20)6-2-1-3-9(14)7-16/h4-5,9H,1-3,6-8,16H2,(H,17,20). The van der Waals surface area contributed by atoms with Crippen molar-refractivity contribution in [3.8, 4) is 0 Å². The number of urea groups is 1. The summed E-state index contributed by atoms with van der Waals surface area (Å²) in [6.45, 7) is 0.700. The highest BCUT2D eigenvalue weighted by atomic mass is 35.5. The molecule has 114 valence electrons. The van der Waals surface area contributed by atoms with Gasteiger partial charge in [-0.05, 0) is 31.5 Å². The van der Waals surface area contributed by atoms with Gasteiger partial charge in [0.2, 0.25) is 0 Å². The van der Waals surface area contributed by atoms with Crippen LogP contribution in [0.15, 0.2) is 12.1 Å². The van der Waals surface area contributed by atoms with E-state index in [4.69, 9.17) is 17.3 Å². The fourth-order valence-corrected chi connectivity index (χ4v) is 4.47. The van der Waals surface area contributed by atoms with Crippen LogP contribution in [0.25, 0.3) is 0 Å². The number of thiophene rings is 1. The summed E-state index contributed by atoms with van der Waals surface area (Å²) in [4.78, 5) is 27.3. The predicted molar refractivity (Wildman–Crippen MR) is 82.2 cm³/mol. The molecule has 3 rings (SSSR count). The number of halogens is 1. The summed E-state index contributed by atoms with van der Waals surface area (Å²) < 4.78 is 0.657. The highest BCUT2D eigenvalue weighted by Gasteiger charge is 2.55. The first kappa shape index (κ1) is 14.8. The van der Waals surface area contributed by atoms with E-state index in [1.807, 2.05) is 6.07 Å². The Labute approximate surface area is 132 Å². The van der Waals surface area contributed by atoms with Gasteiger partial charge in [-0.15, -0.1) is 11.3 Å². The number of carbonyl (C=O) groups excluding carboxylic acids is 2. The molecule has 1 saturated heterocycles. The number of nitrogens with one attached hydrogen (secondary N) is 1. The van der Waals surface area contributed by atoms with Gasteiger partial charge in [-0.1, -0.05) is 24.4 Å². The van der Waals surface area contributed by atoms with Crippen molar-refractivity contribution in [2.24, 2.45) is 11.7 Å². The van der Waals surface area contributed by atoms with Crippen LogP contribution in [0.5, 0.6) is 0 Å². The number of hydrogen-bond acceptors (Lipinski definition) is 4. The molecule has 0 radical (unpaired) electrons. The van der Waals surface area contributed by atoms with Gasteiger partial charge in [0.25, 0.3) is 5.91 Å². The van der Waals surface area contributed by atoms with E-state index in [0.29, 0.717) is 17.3 Å². The Hall–Kier alpha value is -1.11. The molecule has 0 aromatic carbocycles. The molecular formula is C14H18ClN3O2S. The first-order valence-corrected chi connectivity index (χ1v) is 8.34. The summed E-state index contributed by atoms with van der Waals surface area (Å²) in [5, 5.41) is 2.93. The molecule has 2 unspecified atom stereocenters. The monoisotopic (exact) mass is 327 g/mol. The normalized spacial score (nSPS) is 29.2. The van der Waals surface area contributed by atoms with Crippen molar-refractivity contribution < 1.29 is 9.59 Å². The smallest absolute Gasteiger partial charge is 0.325 e. The van der Waals surface area contributed by atoms with Crippen LogP contribution < -0.4 is 11.1 Å². The Morgan fingerprint density at radius 2 is 2.24 bits per heavy atom. The fraction of sp³-hybridized carbons (Fsp3) is 0.571. The van der Waals surface area contributed by atoms with Crippen molar-refractivity contribution in [3.63, 3.8) is 0 Å². The quantitative estimate of drug-likeness (QED) is 0.837. The molecule has 1 spiro atoms. The molecule has 2 atom stereocenters. The van der Waals surface area contributed by atoms with E-state index >= 15 is 0 Å². The molecule has 2 aliphatic rings. The number of nitrogens with two attached hydrogens (primary N) is 1. The number of nitrogens with zero attached hydrogens (tertiary/aromatic N) is 1. The maximum atomic E-state index is 12.8. The highest BCUT2D eigenvalue weighted by molar-refractivity contribution is 7.16. The van der Waals surface area contributed by atoms with Crippen LogP contribution in [-0.2, 0) is 11.3 Å². The summed E-state index contributed by atoms with van der Waals surface area (Å²) in [6, 6.07) is 3.31. The van der Waals surface area contributed by atoms with Crippen molar-refractivity contribution in [3.05, 3.63) is 21.3 Å². The lowest BCUT2D eigenvalue weighted by Gasteiger charge is -2.38. The van der Waals surface area contributed by atoms with Crippen molar-refractivity contribution in [2.75, 3.05) is 6.54 Å². The van der Waals surface area contributed by atoms with E-state index in [1.54, 1.807) is 6.07 Å². The second-order valence-corrected chi connectivity index (χ2v) is 7.48. The number of carbonyl (C=O) groups is 2. The molecule has 1 aromatic heterocycles. The van der Waals surface area contributed by atoms with Gasteiger partial charge >= 0.3 is 6.03 Å². The van der Waals surface area contributed by atoms with Gasteiger partial charge in [0.1, 0.15) is 5.54 Å². The van der Waals surface area contributed by atoms with E-state index in [0.717, 1.165) is 24.1 Å². The van der Waals surface area contributed by atoms with Crippen LogP contribution in [-0.4, -0.2) is 28.9 Å². The van der Waals surface area contributed by atoms with Gasteiger partial charge in [0, 0.05) is 10.8 Å². The molecule has 5 nitrogen and oxygen atoms in total. The zero-order chi connectivity index (χ0) is 15.0. The molecule has 2 fully saturated rings. The minimum Gasteiger partial charge on any atom is -0.330 e. The Morgan fingerprint density at radius 3 is 2.90 bits per heavy atom. The van der Waals surface area contributed by atoms with Crippen LogP contribution in [0.2, 0.25) is 4.34 Å². The topological polar surface area (TPSA) is 75.4 Å². The molecule has 7 heteroatoms. The maximum absolute atomic E-state index is 12.8. The molecule has 3 N–H and O–H groups in total.